The Morgan fingerprint density at radius 1 is 1.09 bits per heavy atom. The fourth-order valence-electron chi connectivity index (χ4n) is 4.62. The summed E-state index contributed by atoms with van der Waals surface area (Å²) in [5.41, 5.74) is 3.54. The van der Waals surface area contributed by atoms with Crippen LogP contribution in [0.3, 0.4) is 0 Å². The number of carboxylic acids is 1. The highest BCUT2D eigenvalue weighted by atomic mass is 35.5. The summed E-state index contributed by atoms with van der Waals surface area (Å²) in [6, 6.07) is 0. The van der Waals surface area contributed by atoms with Crippen LogP contribution in [0.2, 0.25) is 5.02 Å². The lowest BCUT2D eigenvalue weighted by Crippen LogP contribution is -2.39. The first-order valence-corrected chi connectivity index (χ1v) is 9.02. The number of carboxylic acid groups (broad SMARTS) is 1. The van der Waals surface area contributed by atoms with Gasteiger partial charge in [-0.15, -0.1) is 0 Å². The normalized spacial score (nSPS) is 20.0. The van der Waals surface area contributed by atoms with Crippen molar-refractivity contribution in [2.24, 2.45) is 0 Å². The smallest absolute Gasteiger partial charge is 0.314 e. The van der Waals surface area contributed by atoms with Crippen molar-refractivity contribution in [1.82, 2.24) is 0 Å². The van der Waals surface area contributed by atoms with Crippen molar-refractivity contribution in [1.29, 1.82) is 0 Å². The predicted octanol–water partition coefficient (Wildman–Crippen LogP) is 4.82. The van der Waals surface area contributed by atoms with Crippen molar-refractivity contribution in [2.75, 3.05) is 7.11 Å². The molecule has 1 aromatic carbocycles. The molecule has 0 heterocycles. The van der Waals surface area contributed by atoms with Crippen LogP contribution in [0, 0.1) is 6.92 Å². The molecule has 1 N–H and O–H groups in total. The number of fused-ring (bicyclic) bond motifs is 1. The molecule has 0 aliphatic heterocycles. The highest BCUT2D eigenvalue weighted by Gasteiger charge is 2.45. The number of hydrogen-bond donors (Lipinski definition) is 1. The average molecular weight is 337 g/mol. The molecular weight excluding hydrogens is 312 g/mol. The van der Waals surface area contributed by atoms with E-state index < -0.39 is 11.4 Å². The molecular formula is C19H25ClO3. The third-order valence-corrected chi connectivity index (χ3v) is 6.19. The number of hydrogen-bond acceptors (Lipinski definition) is 2. The zero-order chi connectivity index (χ0) is 16.6. The van der Waals surface area contributed by atoms with E-state index in [0.29, 0.717) is 23.6 Å². The molecule has 1 aromatic rings. The molecule has 2 aliphatic carbocycles. The number of halogens is 1. The Bertz CT molecular complexity index is 630. The summed E-state index contributed by atoms with van der Waals surface area (Å²) < 4.78 is 5.66. The monoisotopic (exact) mass is 336 g/mol. The summed E-state index contributed by atoms with van der Waals surface area (Å²) in [7, 11) is 1.61. The molecule has 1 fully saturated rings. The lowest BCUT2D eigenvalue weighted by molar-refractivity contribution is -0.145. The molecule has 0 unspecified atom stereocenters. The number of methoxy groups -OCH3 is 1. The summed E-state index contributed by atoms with van der Waals surface area (Å²) in [6.07, 6.45) is 8.60. The first-order chi connectivity index (χ1) is 11.0. The minimum absolute atomic E-state index is 0.606. The Hall–Kier alpha value is -1.22. The first-order valence-electron chi connectivity index (χ1n) is 8.64. The molecule has 0 aromatic heterocycles. The summed E-state index contributed by atoms with van der Waals surface area (Å²) in [5.74, 6) is -0.125. The van der Waals surface area contributed by atoms with Crippen molar-refractivity contribution in [3.05, 3.63) is 27.3 Å². The third-order valence-electron chi connectivity index (χ3n) is 5.79. The van der Waals surface area contributed by atoms with Crippen LogP contribution in [-0.4, -0.2) is 18.2 Å². The SMILES string of the molecule is COc1c(Cl)c2c(c(C)c1C1(C(=O)O)CCCCC1)CCCC2. The quantitative estimate of drug-likeness (QED) is 0.860. The minimum Gasteiger partial charge on any atom is -0.495 e. The van der Waals surface area contributed by atoms with E-state index in [-0.39, 0.29) is 0 Å². The lowest BCUT2D eigenvalue weighted by atomic mass is 9.66. The van der Waals surface area contributed by atoms with Gasteiger partial charge in [-0.3, -0.25) is 4.79 Å². The maximum absolute atomic E-state index is 12.3. The van der Waals surface area contributed by atoms with Crippen LogP contribution in [0.1, 0.15) is 67.2 Å². The second-order valence-corrected chi connectivity index (χ2v) is 7.34. The Balaban J connectivity index is 2.29. The second kappa shape index (κ2) is 6.35. The lowest BCUT2D eigenvalue weighted by Gasteiger charge is -2.37. The molecule has 0 radical (unpaired) electrons. The van der Waals surface area contributed by atoms with Gasteiger partial charge in [0.25, 0.3) is 0 Å². The number of aliphatic carboxylic acids is 1. The van der Waals surface area contributed by atoms with E-state index in [1.54, 1.807) is 7.11 Å². The molecule has 1 saturated carbocycles. The van der Waals surface area contributed by atoms with Crippen LogP contribution in [-0.2, 0) is 23.1 Å². The van der Waals surface area contributed by atoms with Crippen LogP contribution >= 0.6 is 11.6 Å². The van der Waals surface area contributed by atoms with Crippen molar-refractivity contribution in [2.45, 2.75) is 70.1 Å². The largest absolute Gasteiger partial charge is 0.495 e. The van der Waals surface area contributed by atoms with E-state index in [9.17, 15) is 9.90 Å². The van der Waals surface area contributed by atoms with Crippen LogP contribution in [0.5, 0.6) is 5.75 Å². The van der Waals surface area contributed by atoms with Crippen LogP contribution in [0.15, 0.2) is 0 Å². The number of benzene rings is 1. The fourth-order valence-corrected chi connectivity index (χ4v) is 5.00. The van der Waals surface area contributed by atoms with E-state index in [1.807, 2.05) is 0 Å². The van der Waals surface area contributed by atoms with E-state index in [4.69, 9.17) is 16.3 Å². The fraction of sp³-hybridized carbons (Fsp3) is 0.632. The van der Waals surface area contributed by atoms with Crippen molar-refractivity contribution < 1.29 is 14.6 Å². The number of carbonyl (C=O) groups is 1. The van der Waals surface area contributed by atoms with Crippen molar-refractivity contribution in [3.63, 3.8) is 0 Å². The van der Waals surface area contributed by atoms with Gasteiger partial charge in [0.05, 0.1) is 17.5 Å². The molecule has 23 heavy (non-hydrogen) atoms. The molecule has 4 heteroatoms. The first kappa shape index (κ1) is 16.6. The molecule has 126 valence electrons. The Morgan fingerprint density at radius 3 is 2.26 bits per heavy atom. The van der Waals surface area contributed by atoms with Gasteiger partial charge < -0.3 is 9.84 Å². The average Bonchev–Trinajstić information content (AvgIpc) is 2.58. The zero-order valence-electron chi connectivity index (χ0n) is 14.0. The van der Waals surface area contributed by atoms with Crippen molar-refractivity contribution >= 4 is 17.6 Å². The zero-order valence-corrected chi connectivity index (χ0v) is 14.8. The van der Waals surface area contributed by atoms with Crippen LogP contribution < -0.4 is 4.74 Å². The maximum Gasteiger partial charge on any atom is 0.314 e. The van der Waals surface area contributed by atoms with Gasteiger partial charge in [0.2, 0.25) is 0 Å². The molecule has 3 rings (SSSR count). The molecule has 3 nitrogen and oxygen atoms in total. The number of ether oxygens (including phenoxy) is 1. The molecule has 0 amide bonds. The summed E-state index contributed by atoms with van der Waals surface area (Å²) in [5, 5.41) is 10.7. The van der Waals surface area contributed by atoms with Gasteiger partial charge in [-0.05, 0) is 62.1 Å². The van der Waals surface area contributed by atoms with Crippen LogP contribution in [0.4, 0.5) is 0 Å². The molecule has 2 aliphatic rings. The van der Waals surface area contributed by atoms with Gasteiger partial charge in [-0.1, -0.05) is 30.9 Å². The maximum atomic E-state index is 12.3. The highest BCUT2D eigenvalue weighted by molar-refractivity contribution is 6.33. The van der Waals surface area contributed by atoms with Gasteiger partial charge in [0.1, 0.15) is 5.75 Å². The van der Waals surface area contributed by atoms with E-state index in [2.05, 4.69) is 6.92 Å². The topological polar surface area (TPSA) is 46.5 Å². The summed E-state index contributed by atoms with van der Waals surface area (Å²) in [6.45, 7) is 2.07. The number of rotatable bonds is 3. The van der Waals surface area contributed by atoms with Crippen molar-refractivity contribution in [3.8, 4) is 5.75 Å². The van der Waals surface area contributed by atoms with Crippen LogP contribution in [0.25, 0.3) is 0 Å². The Labute approximate surface area is 143 Å². The van der Waals surface area contributed by atoms with Gasteiger partial charge in [0.15, 0.2) is 0 Å². The molecule has 0 bridgehead atoms. The molecule has 0 atom stereocenters. The predicted molar refractivity (Wildman–Crippen MR) is 91.8 cm³/mol. The molecule has 0 saturated heterocycles. The standard InChI is InChI=1S/C19H25ClO3/c1-12-13-8-4-5-9-14(13)16(20)17(23-2)15(12)19(18(21)22)10-6-3-7-11-19/h3-11H2,1-2H3,(H,21,22). The summed E-state index contributed by atoms with van der Waals surface area (Å²) >= 11 is 6.67. The Kier molecular flexibility index (Phi) is 4.59. The minimum atomic E-state index is -0.843. The van der Waals surface area contributed by atoms with E-state index in [0.717, 1.165) is 56.1 Å². The van der Waals surface area contributed by atoms with Gasteiger partial charge in [-0.2, -0.15) is 0 Å². The molecule has 0 spiro atoms. The second-order valence-electron chi connectivity index (χ2n) is 6.96. The summed E-state index contributed by atoms with van der Waals surface area (Å²) in [4.78, 5) is 12.3. The van der Waals surface area contributed by atoms with Gasteiger partial charge in [0, 0.05) is 5.56 Å². The van der Waals surface area contributed by atoms with E-state index >= 15 is 0 Å². The Morgan fingerprint density at radius 2 is 1.70 bits per heavy atom. The highest BCUT2D eigenvalue weighted by Crippen LogP contribution is 2.50. The third kappa shape index (κ3) is 2.53. The van der Waals surface area contributed by atoms with Gasteiger partial charge >= 0.3 is 5.97 Å². The van der Waals surface area contributed by atoms with E-state index in [1.165, 1.54) is 11.1 Å². The van der Waals surface area contributed by atoms with Gasteiger partial charge in [-0.25, -0.2) is 0 Å².